The second kappa shape index (κ2) is 6.60. The number of hydrogen-bond acceptors (Lipinski definition) is 3. The van der Waals surface area contributed by atoms with Gasteiger partial charge in [0.15, 0.2) is 5.69 Å². The molecule has 3 N–H and O–H groups in total. The summed E-state index contributed by atoms with van der Waals surface area (Å²) in [5, 5.41) is 16.4. The number of aliphatic carboxylic acids is 1. The van der Waals surface area contributed by atoms with E-state index in [0.29, 0.717) is 5.65 Å². The molecule has 7 nitrogen and oxygen atoms in total. The molecule has 4 aromatic rings. The Kier molecular flexibility index (Phi) is 4.12. The molecule has 0 aliphatic carbocycles. The van der Waals surface area contributed by atoms with E-state index in [4.69, 9.17) is 0 Å². The molecule has 136 valence electrons. The van der Waals surface area contributed by atoms with Crippen LogP contribution in [0.3, 0.4) is 0 Å². The van der Waals surface area contributed by atoms with Gasteiger partial charge >= 0.3 is 5.97 Å². The number of nitrogens with zero attached hydrogens (tertiary/aromatic N) is 2. The smallest absolute Gasteiger partial charge is 0.305 e. The predicted molar refractivity (Wildman–Crippen MR) is 101 cm³/mol. The van der Waals surface area contributed by atoms with Crippen LogP contribution >= 0.6 is 0 Å². The van der Waals surface area contributed by atoms with Gasteiger partial charge in [-0.25, -0.2) is 4.52 Å². The second-order valence-corrected chi connectivity index (χ2v) is 6.51. The van der Waals surface area contributed by atoms with Gasteiger partial charge in [-0.15, -0.1) is 0 Å². The molecule has 0 bridgehead atoms. The van der Waals surface area contributed by atoms with Gasteiger partial charge in [0.25, 0.3) is 5.91 Å². The maximum absolute atomic E-state index is 12.7. The van der Waals surface area contributed by atoms with Crippen LogP contribution in [0.4, 0.5) is 0 Å². The third-order valence-electron chi connectivity index (χ3n) is 4.47. The van der Waals surface area contributed by atoms with E-state index in [0.717, 1.165) is 22.2 Å². The second-order valence-electron chi connectivity index (χ2n) is 6.51. The lowest BCUT2D eigenvalue weighted by Crippen LogP contribution is -2.30. The molecule has 0 aliphatic rings. The number of benzene rings is 2. The highest BCUT2D eigenvalue weighted by Gasteiger charge is 2.21. The Morgan fingerprint density at radius 1 is 1.19 bits per heavy atom. The zero-order valence-corrected chi connectivity index (χ0v) is 14.6. The van der Waals surface area contributed by atoms with E-state index >= 15 is 0 Å². The van der Waals surface area contributed by atoms with Crippen LogP contribution in [0.1, 0.15) is 34.1 Å². The number of para-hydroxylation sites is 2. The van der Waals surface area contributed by atoms with Crippen molar-refractivity contribution in [3.8, 4) is 0 Å². The van der Waals surface area contributed by atoms with E-state index < -0.39 is 17.9 Å². The summed E-state index contributed by atoms with van der Waals surface area (Å²) < 4.78 is 1.67. The molecule has 0 saturated heterocycles. The van der Waals surface area contributed by atoms with Crippen molar-refractivity contribution in [1.82, 2.24) is 19.9 Å². The first-order chi connectivity index (χ1) is 13.0. The van der Waals surface area contributed by atoms with E-state index in [2.05, 4.69) is 15.4 Å². The lowest BCUT2D eigenvalue weighted by Gasteiger charge is -2.17. The number of carbonyl (C=O) groups is 2. The topological polar surface area (TPSA) is 99.5 Å². The van der Waals surface area contributed by atoms with Gasteiger partial charge in [-0.2, -0.15) is 5.10 Å². The van der Waals surface area contributed by atoms with Crippen molar-refractivity contribution in [3.63, 3.8) is 0 Å². The normalized spacial score (nSPS) is 12.3. The molecular formula is C20H18N4O3. The van der Waals surface area contributed by atoms with E-state index in [1.54, 1.807) is 10.6 Å². The van der Waals surface area contributed by atoms with Crippen molar-refractivity contribution in [1.29, 1.82) is 0 Å². The summed E-state index contributed by atoms with van der Waals surface area (Å²) in [5.74, 6) is -1.39. The molecule has 4 rings (SSSR count). The third-order valence-corrected chi connectivity index (χ3v) is 4.47. The van der Waals surface area contributed by atoms with Gasteiger partial charge < -0.3 is 15.4 Å². The summed E-state index contributed by atoms with van der Waals surface area (Å²) in [7, 11) is 0. The fourth-order valence-corrected chi connectivity index (χ4v) is 3.21. The van der Waals surface area contributed by atoms with Crippen LogP contribution in [-0.2, 0) is 4.79 Å². The molecule has 27 heavy (non-hydrogen) atoms. The summed E-state index contributed by atoms with van der Waals surface area (Å²) in [6, 6.07) is 16.1. The molecule has 0 radical (unpaired) electrons. The van der Waals surface area contributed by atoms with Crippen LogP contribution in [0.25, 0.3) is 16.7 Å². The first-order valence-electron chi connectivity index (χ1n) is 8.57. The predicted octanol–water partition coefficient (Wildman–Crippen LogP) is 3.07. The minimum absolute atomic E-state index is 0.205. The van der Waals surface area contributed by atoms with Crippen molar-refractivity contribution in [3.05, 3.63) is 71.4 Å². The van der Waals surface area contributed by atoms with Crippen LogP contribution in [-0.4, -0.2) is 31.6 Å². The first-order valence-corrected chi connectivity index (χ1v) is 8.57. The zero-order valence-electron chi connectivity index (χ0n) is 14.6. The number of rotatable bonds is 5. The number of nitrogens with one attached hydrogen (secondary N) is 2. The lowest BCUT2D eigenvalue weighted by atomic mass is 10.0. The zero-order chi connectivity index (χ0) is 19.0. The Bertz CT molecular complexity index is 1160. The number of carboxylic acids is 1. The Hall–Kier alpha value is -3.61. The van der Waals surface area contributed by atoms with Gasteiger partial charge in [0.1, 0.15) is 5.65 Å². The van der Waals surface area contributed by atoms with Gasteiger partial charge in [0.05, 0.1) is 23.5 Å². The number of aryl methyl sites for hydroxylation is 1. The molecule has 2 aromatic heterocycles. The number of H-pyrrole nitrogens is 1. The van der Waals surface area contributed by atoms with E-state index in [1.807, 2.05) is 55.5 Å². The third kappa shape index (κ3) is 3.27. The number of fused-ring (bicyclic) bond motifs is 3. The van der Waals surface area contributed by atoms with Gasteiger partial charge in [0, 0.05) is 6.07 Å². The Morgan fingerprint density at radius 2 is 2.00 bits per heavy atom. The quantitative estimate of drug-likeness (QED) is 0.508. The molecule has 0 spiro atoms. The van der Waals surface area contributed by atoms with Gasteiger partial charge in [-0.05, 0) is 24.6 Å². The van der Waals surface area contributed by atoms with E-state index in [-0.39, 0.29) is 12.1 Å². The van der Waals surface area contributed by atoms with Crippen LogP contribution in [0.5, 0.6) is 0 Å². The van der Waals surface area contributed by atoms with Crippen LogP contribution < -0.4 is 5.32 Å². The highest BCUT2D eigenvalue weighted by Crippen LogP contribution is 2.20. The maximum atomic E-state index is 12.7. The van der Waals surface area contributed by atoms with E-state index in [1.165, 1.54) is 0 Å². The molecule has 0 fully saturated rings. The minimum Gasteiger partial charge on any atom is -0.481 e. The highest BCUT2D eigenvalue weighted by atomic mass is 16.4. The van der Waals surface area contributed by atoms with Gasteiger partial charge in [0.2, 0.25) is 0 Å². The number of aromatic nitrogens is 3. The van der Waals surface area contributed by atoms with Crippen LogP contribution in [0.2, 0.25) is 0 Å². The molecule has 2 aromatic carbocycles. The van der Waals surface area contributed by atoms with Crippen LogP contribution in [0.15, 0.2) is 54.6 Å². The molecular weight excluding hydrogens is 344 g/mol. The summed E-state index contributed by atoms with van der Waals surface area (Å²) in [5.41, 5.74) is 4.48. The first kappa shape index (κ1) is 16.8. The Labute approximate surface area is 154 Å². The number of aromatic amines is 1. The molecule has 1 atom stereocenters. The number of imidazole rings is 1. The number of carboxylic acid groups (broad SMARTS) is 1. The Balaban J connectivity index is 1.64. The average Bonchev–Trinajstić information content (AvgIpc) is 3.18. The number of hydrogen-bond donors (Lipinski definition) is 3. The van der Waals surface area contributed by atoms with E-state index in [9.17, 15) is 14.7 Å². The number of carbonyl (C=O) groups excluding carboxylic acids is 1. The van der Waals surface area contributed by atoms with Crippen molar-refractivity contribution >= 4 is 28.6 Å². The van der Waals surface area contributed by atoms with Crippen LogP contribution in [0, 0.1) is 6.92 Å². The van der Waals surface area contributed by atoms with Gasteiger partial charge in [-0.1, -0.05) is 42.0 Å². The number of amides is 1. The highest BCUT2D eigenvalue weighted by molar-refractivity contribution is 5.95. The van der Waals surface area contributed by atoms with Crippen molar-refractivity contribution in [2.24, 2.45) is 0 Å². The Morgan fingerprint density at radius 3 is 2.78 bits per heavy atom. The maximum Gasteiger partial charge on any atom is 0.305 e. The molecule has 2 heterocycles. The molecule has 0 aliphatic heterocycles. The molecule has 0 saturated carbocycles. The molecule has 7 heteroatoms. The summed E-state index contributed by atoms with van der Waals surface area (Å²) >= 11 is 0. The largest absolute Gasteiger partial charge is 0.481 e. The standard InChI is InChI=1S/C20H18N4O3/c1-12-5-4-6-13(9-12)15(11-19(25)26)22-20(27)16-10-18-21-14-7-2-3-8-17(14)24(18)23-16/h2-10,15,21H,11H2,1H3,(H,22,27)(H,25,26)/t15-/m0/s1. The summed E-state index contributed by atoms with van der Waals surface area (Å²) in [6.07, 6.45) is -0.205. The average molecular weight is 362 g/mol. The van der Waals surface area contributed by atoms with Crippen molar-refractivity contribution < 1.29 is 14.7 Å². The van der Waals surface area contributed by atoms with Gasteiger partial charge in [-0.3, -0.25) is 9.59 Å². The fourth-order valence-electron chi connectivity index (χ4n) is 3.21. The minimum atomic E-state index is -0.982. The lowest BCUT2D eigenvalue weighted by molar-refractivity contribution is -0.137. The van der Waals surface area contributed by atoms with Crippen molar-refractivity contribution in [2.45, 2.75) is 19.4 Å². The van der Waals surface area contributed by atoms with Crippen molar-refractivity contribution in [2.75, 3.05) is 0 Å². The molecule has 0 unspecified atom stereocenters. The summed E-state index contributed by atoms with van der Waals surface area (Å²) in [4.78, 5) is 27.2. The molecule has 1 amide bonds. The SMILES string of the molecule is Cc1cccc([C@H](CC(=O)O)NC(=O)c2cc3[nH]c4ccccc4n3n2)c1. The monoisotopic (exact) mass is 362 g/mol. The fraction of sp³-hybridized carbons (Fsp3) is 0.150. The summed E-state index contributed by atoms with van der Waals surface area (Å²) in [6.45, 7) is 1.92.